The minimum Gasteiger partial charge on any atom is -0.311 e. The van der Waals surface area contributed by atoms with Crippen LogP contribution in [0.15, 0.2) is 18.5 Å². The summed E-state index contributed by atoms with van der Waals surface area (Å²) in [5.41, 5.74) is 1.30. The summed E-state index contributed by atoms with van der Waals surface area (Å²) in [6.07, 6.45) is 7.56. The van der Waals surface area contributed by atoms with E-state index in [-0.39, 0.29) is 24.8 Å². The monoisotopic (exact) mass is 280 g/mol. The second-order valence-corrected chi connectivity index (χ2v) is 4.76. The number of nitrogens with zero attached hydrogens (tertiary/aromatic N) is 1. The van der Waals surface area contributed by atoms with Crippen molar-refractivity contribution in [3.63, 3.8) is 0 Å². The lowest BCUT2D eigenvalue weighted by Gasteiger charge is -2.19. The van der Waals surface area contributed by atoms with Crippen LogP contribution in [-0.2, 0) is 0 Å². The summed E-state index contributed by atoms with van der Waals surface area (Å²) < 4.78 is 0. The first kappa shape index (κ1) is 14.0. The Morgan fingerprint density at radius 2 is 2.06 bits per heavy atom. The Labute approximate surface area is 113 Å². The van der Waals surface area contributed by atoms with Gasteiger partial charge >= 0.3 is 0 Å². The fourth-order valence-electron chi connectivity index (χ4n) is 2.82. The van der Waals surface area contributed by atoms with Crippen molar-refractivity contribution < 1.29 is 0 Å². The van der Waals surface area contributed by atoms with E-state index in [1.54, 1.807) is 6.20 Å². The molecule has 0 aliphatic carbocycles. The van der Waals surface area contributed by atoms with Gasteiger partial charge in [0.2, 0.25) is 0 Å². The van der Waals surface area contributed by atoms with Crippen molar-refractivity contribution in [2.45, 2.75) is 37.3 Å². The summed E-state index contributed by atoms with van der Waals surface area (Å²) in [5, 5.41) is 4.38. The van der Waals surface area contributed by atoms with Crippen LogP contribution >= 0.6 is 36.4 Å². The smallest absolute Gasteiger partial charge is 0.0592 e. The standard InChI is InChI=1S/C11H13ClN2.2ClH/c12-8-3-7(5-13-6-8)10-4-9-1-2-11(10)14-9;;/h3,5-6,9-11,14H,1-2,4H2;2*1H/t9-,10+,11+;;/m0../s1. The van der Waals surface area contributed by atoms with Crippen molar-refractivity contribution in [3.8, 4) is 0 Å². The Morgan fingerprint density at radius 3 is 2.62 bits per heavy atom. The van der Waals surface area contributed by atoms with Crippen LogP contribution in [0.5, 0.6) is 0 Å². The van der Waals surface area contributed by atoms with Gasteiger partial charge in [0, 0.05) is 30.4 Å². The van der Waals surface area contributed by atoms with E-state index in [2.05, 4.69) is 16.4 Å². The van der Waals surface area contributed by atoms with Gasteiger partial charge in [0.25, 0.3) is 0 Å². The third-order valence-electron chi connectivity index (χ3n) is 3.45. The first-order valence-electron chi connectivity index (χ1n) is 5.19. The Morgan fingerprint density at radius 1 is 1.25 bits per heavy atom. The highest BCUT2D eigenvalue weighted by Gasteiger charge is 2.39. The molecule has 2 fully saturated rings. The first-order chi connectivity index (χ1) is 6.83. The molecule has 0 aromatic carbocycles. The third kappa shape index (κ3) is 2.45. The number of pyridine rings is 1. The molecule has 2 aliphatic heterocycles. The molecule has 0 amide bonds. The zero-order valence-corrected chi connectivity index (χ0v) is 11.1. The molecular formula is C11H15Cl3N2. The predicted octanol–water partition coefficient (Wildman–Crippen LogP) is 3.19. The third-order valence-corrected chi connectivity index (χ3v) is 3.66. The summed E-state index contributed by atoms with van der Waals surface area (Å²) >= 11 is 5.94. The van der Waals surface area contributed by atoms with E-state index in [9.17, 15) is 0 Å². The van der Waals surface area contributed by atoms with Crippen molar-refractivity contribution in [1.82, 2.24) is 10.3 Å². The number of halogens is 3. The van der Waals surface area contributed by atoms with E-state index >= 15 is 0 Å². The highest BCUT2D eigenvalue weighted by Crippen LogP contribution is 2.39. The van der Waals surface area contributed by atoms with Crippen LogP contribution < -0.4 is 5.32 Å². The molecule has 2 aliphatic rings. The van der Waals surface area contributed by atoms with Gasteiger partial charge in [-0.25, -0.2) is 0 Å². The molecule has 0 saturated carbocycles. The largest absolute Gasteiger partial charge is 0.311 e. The quantitative estimate of drug-likeness (QED) is 0.855. The molecule has 3 rings (SSSR count). The molecule has 1 aromatic rings. The lowest BCUT2D eigenvalue weighted by molar-refractivity contribution is 0.505. The van der Waals surface area contributed by atoms with Crippen molar-refractivity contribution in [1.29, 1.82) is 0 Å². The van der Waals surface area contributed by atoms with Crippen LogP contribution in [0.2, 0.25) is 5.02 Å². The Bertz CT molecular complexity index is 359. The molecule has 16 heavy (non-hydrogen) atoms. The second kappa shape index (κ2) is 5.54. The van der Waals surface area contributed by atoms with Crippen LogP contribution in [0.25, 0.3) is 0 Å². The zero-order chi connectivity index (χ0) is 9.54. The van der Waals surface area contributed by atoms with Crippen LogP contribution in [0.3, 0.4) is 0 Å². The maximum Gasteiger partial charge on any atom is 0.0592 e. The zero-order valence-electron chi connectivity index (χ0n) is 8.73. The highest BCUT2D eigenvalue weighted by atomic mass is 35.5. The normalized spacial score (nSPS) is 30.7. The lowest BCUT2D eigenvalue weighted by Crippen LogP contribution is -2.21. The number of rotatable bonds is 1. The number of hydrogen-bond acceptors (Lipinski definition) is 2. The van der Waals surface area contributed by atoms with Gasteiger partial charge in [0.1, 0.15) is 0 Å². The number of hydrogen-bond donors (Lipinski definition) is 1. The summed E-state index contributed by atoms with van der Waals surface area (Å²) in [4.78, 5) is 4.15. The van der Waals surface area contributed by atoms with E-state index in [1.807, 2.05) is 6.20 Å². The molecule has 2 nitrogen and oxygen atoms in total. The topological polar surface area (TPSA) is 24.9 Å². The molecule has 0 spiro atoms. The van der Waals surface area contributed by atoms with Crippen molar-refractivity contribution in [3.05, 3.63) is 29.0 Å². The van der Waals surface area contributed by atoms with Gasteiger partial charge in [-0.1, -0.05) is 11.6 Å². The van der Waals surface area contributed by atoms with Crippen LogP contribution in [0.4, 0.5) is 0 Å². The molecule has 1 aromatic heterocycles. The van der Waals surface area contributed by atoms with Gasteiger partial charge < -0.3 is 5.32 Å². The molecule has 2 saturated heterocycles. The van der Waals surface area contributed by atoms with Gasteiger partial charge in [0.15, 0.2) is 0 Å². The van der Waals surface area contributed by atoms with E-state index in [0.29, 0.717) is 12.0 Å². The predicted molar refractivity (Wildman–Crippen MR) is 71.0 cm³/mol. The van der Waals surface area contributed by atoms with Gasteiger partial charge in [-0.2, -0.15) is 0 Å². The molecule has 5 heteroatoms. The lowest BCUT2D eigenvalue weighted by atomic mass is 9.85. The SMILES string of the molecule is Cl.Cl.Clc1cncc([C@H]2C[C@@H]3CC[C@H]2N3)c1. The molecule has 0 radical (unpaired) electrons. The van der Waals surface area contributed by atoms with E-state index in [4.69, 9.17) is 11.6 Å². The fourth-order valence-corrected chi connectivity index (χ4v) is 3.01. The van der Waals surface area contributed by atoms with Gasteiger partial charge in [-0.05, 0) is 30.9 Å². The molecule has 2 bridgehead atoms. The summed E-state index contributed by atoms with van der Waals surface area (Å²) in [5.74, 6) is 0.639. The minimum atomic E-state index is 0. The van der Waals surface area contributed by atoms with Crippen LogP contribution in [0.1, 0.15) is 30.7 Å². The molecule has 3 heterocycles. The Hall–Kier alpha value is -0.0200. The number of aromatic nitrogens is 1. The number of fused-ring (bicyclic) bond motifs is 2. The average Bonchev–Trinajstić information content (AvgIpc) is 2.78. The molecule has 1 N–H and O–H groups in total. The van der Waals surface area contributed by atoms with Gasteiger partial charge in [0.05, 0.1) is 5.02 Å². The average molecular weight is 282 g/mol. The summed E-state index contributed by atoms with van der Waals surface area (Å²) in [6.45, 7) is 0. The molecule has 0 unspecified atom stereocenters. The molecule has 90 valence electrons. The Balaban J connectivity index is 0.000000640. The van der Waals surface area contributed by atoms with Crippen molar-refractivity contribution in [2.75, 3.05) is 0 Å². The fraction of sp³-hybridized carbons (Fsp3) is 0.545. The maximum absolute atomic E-state index is 5.94. The van der Waals surface area contributed by atoms with Crippen LogP contribution in [-0.4, -0.2) is 17.1 Å². The van der Waals surface area contributed by atoms with Crippen LogP contribution in [0, 0.1) is 0 Å². The van der Waals surface area contributed by atoms with Gasteiger partial charge in [-0.15, -0.1) is 24.8 Å². The van der Waals surface area contributed by atoms with E-state index < -0.39 is 0 Å². The Kier molecular flexibility index (Phi) is 4.87. The highest BCUT2D eigenvalue weighted by molar-refractivity contribution is 6.30. The van der Waals surface area contributed by atoms with E-state index in [0.717, 1.165) is 11.1 Å². The maximum atomic E-state index is 5.94. The first-order valence-corrected chi connectivity index (χ1v) is 5.57. The van der Waals surface area contributed by atoms with Gasteiger partial charge in [-0.3, -0.25) is 4.98 Å². The molecule has 3 atom stereocenters. The molecular weight excluding hydrogens is 266 g/mol. The number of nitrogens with one attached hydrogen (secondary N) is 1. The van der Waals surface area contributed by atoms with E-state index in [1.165, 1.54) is 24.8 Å². The summed E-state index contributed by atoms with van der Waals surface area (Å²) in [6, 6.07) is 3.46. The van der Waals surface area contributed by atoms with Crippen molar-refractivity contribution >= 4 is 36.4 Å². The summed E-state index contributed by atoms with van der Waals surface area (Å²) in [7, 11) is 0. The van der Waals surface area contributed by atoms with Crippen molar-refractivity contribution in [2.24, 2.45) is 0 Å². The second-order valence-electron chi connectivity index (χ2n) is 4.33. The minimum absolute atomic E-state index is 0.